The Kier molecular flexibility index (Phi) is 4.79. The number of hydrogen-bond donors (Lipinski definition) is 2. The van der Waals surface area contributed by atoms with E-state index in [0.29, 0.717) is 6.07 Å². The second kappa shape index (κ2) is 6.15. The zero-order chi connectivity index (χ0) is 22.5. The van der Waals surface area contributed by atoms with Crippen LogP contribution in [0.1, 0.15) is 29.9 Å². The number of nitrogens with zero attached hydrogens (tertiary/aromatic N) is 2. The van der Waals surface area contributed by atoms with Crippen molar-refractivity contribution in [2.24, 2.45) is 0 Å². The summed E-state index contributed by atoms with van der Waals surface area (Å²) in [5, 5.41) is 2.33. The monoisotopic (exact) mass is 444 g/mol. The average molecular weight is 444 g/mol. The Morgan fingerprint density at radius 2 is 1.72 bits per heavy atom. The van der Waals surface area contributed by atoms with Gasteiger partial charge in [0.05, 0.1) is 5.54 Å². The van der Waals surface area contributed by atoms with E-state index in [1.54, 1.807) is 14.1 Å². The van der Waals surface area contributed by atoms with Gasteiger partial charge in [0.2, 0.25) is 5.95 Å². The summed E-state index contributed by atoms with van der Waals surface area (Å²) in [4.78, 5) is 29.4. The molecule has 0 radical (unpaired) electrons. The van der Waals surface area contributed by atoms with E-state index in [1.807, 2.05) is 0 Å². The Labute approximate surface area is 161 Å². The van der Waals surface area contributed by atoms with Gasteiger partial charge in [-0.15, -0.1) is 0 Å². The maximum absolute atomic E-state index is 14.3. The zero-order valence-corrected chi connectivity index (χ0v) is 16.5. The molecular formula is C16H18F6N4O2S. The van der Waals surface area contributed by atoms with Crippen molar-refractivity contribution >= 4 is 22.1 Å². The Morgan fingerprint density at radius 3 is 2.21 bits per heavy atom. The van der Waals surface area contributed by atoms with Crippen LogP contribution in [-0.2, 0) is 5.54 Å². The van der Waals surface area contributed by atoms with Crippen LogP contribution in [0, 0.1) is 5.82 Å². The number of rotatable bonds is 5. The SMILES string of the molecule is CN(C)c1nc(C(=O)NC(C)(C)c2ccc(S(F)(F)(F)(F)F)cc2F)cc(=O)[nH]1. The Hall–Kier alpha value is -2.70. The van der Waals surface area contributed by atoms with E-state index < -0.39 is 43.5 Å². The van der Waals surface area contributed by atoms with Gasteiger partial charge in [0.1, 0.15) is 16.4 Å². The van der Waals surface area contributed by atoms with Gasteiger partial charge in [-0.25, -0.2) is 9.37 Å². The summed E-state index contributed by atoms with van der Waals surface area (Å²) < 4.78 is 78.5. The Bertz CT molecular complexity index is 1030. The fourth-order valence-electron chi connectivity index (χ4n) is 2.43. The minimum Gasteiger partial charge on any atom is -0.348 e. The van der Waals surface area contributed by atoms with Gasteiger partial charge >= 0.3 is 10.2 Å². The molecule has 0 aliphatic rings. The van der Waals surface area contributed by atoms with Crippen molar-refractivity contribution in [3.63, 3.8) is 0 Å². The zero-order valence-electron chi connectivity index (χ0n) is 15.7. The Balaban J connectivity index is 2.40. The van der Waals surface area contributed by atoms with Gasteiger partial charge in [0.25, 0.3) is 11.5 Å². The standard InChI is InChI=1S/C16H18F6N4O2S/c1-16(2,10-6-5-9(7-11(10)17)29(18,19,20,21)22)25-14(28)12-8-13(27)24-15(23-12)26(3)4/h5-8H,1-4H3,(H,25,28)(H,23,24,27). The van der Waals surface area contributed by atoms with Crippen LogP contribution in [0.5, 0.6) is 0 Å². The van der Waals surface area contributed by atoms with Crippen LogP contribution in [0.4, 0.5) is 29.8 Å². The number of carbonyl (C=O) groups excluding carboxylic acids is 1. The third-order valence-electron chi connectivity index (χ3n) is 3.87. The number of carbonyl (C=O) groups is 1. The summed E-state index contributed by atoms with van der Waals surface area (Å²) in [5.74, 6) is -2.43. The van der Waals surface area contributed by atoms with Crippen LogP contribution in [0.15, 0.2) is 34.0 Å². The summed E-state index contributed by atoms with van der Waals surface area (Å²) in [5.41, 5.74) is -3.04. The van der Waals surface area contributed by atoms with Crippen LogP contribution in [-0.4, -0.2) is 30.0 Å². The normalized spacial score (nSPS) is 14.7. The van der Waals surface area contributed by atoms with Crippen molar-refractivity contribution in [1.29, 1.82) is 0 Å². The molecule has 0 bridgehead atoms. The molecule has 162 valence electrons. The molecule has 1 aromatic carbocycles. The summed E-state index contributed by atoms with van der Waals surface area (Å²) >= 11 is 0. The minimum atomic E-state index is -10.0. The molecule has 0 atom stereocenters. The molecule has 29 heavy (non-hydrogen) atoms. The van der Waals surface area contributed by atoms with Crippen molar-refractivity contribution in [2.45, 2.75) is 24.3 Å². The number of benzene rings is 1. The van der Waals surface area contributed by atoms with Crippen molar-refractivity contribution < 1.29 is 28.6 Å². The molecule has 1 heterocycles. The first kappa shape index (κ1) is 22.6. The molecule has 6 nitrogen and oxygen atoms in total. The van der Waals surface area contributed by atoms with Gasteiger partial charge < -0.3 is 10.2 Å². The number of nitrogens with one attached hydrogen (secondary N) is 2. The summed E-state index contributed by atoms with van der Waals surface area (Å²) in [6, 6.07) is 1.16. The highest BCUT2D eigenvalue weighted by atomic mass is 32.5. The number of hydrogen-bond acceptors (Lipinski definition) is 4. The number of amides is 1. The molecule has 0 aliphatic heterocycles. The number of halogens is 6. The van der Waals surface area contributed by atoms with Crippen LogP contribution in [0.2, 0.25) is 0 Å². The fourth-order valence-corrected chi connectivity index (χ4v) is 3.08. The molecule has 2 aromatic rings. The molecule has 1 aromatic heterocycles. The molecule has 0 aliphatic carbocycles. The lowest BCUT2D eigenvalue weighted by Crippen LogP contribution is -2.42. The second-order valence-electron chi connectivity index (χ2n) is 7.04. The third kappa shape index (κ3) is 5.22. The van der Waals surface area contributed by atoms with Crippen molar-refractivity contribution in [3.05, 3.63) is 51.7 Å². The minimum absolute atomic E-state index is 0.0590. The number of aromatic nitrogens is 2. The molecular weight excluding hydrogens is 426 g/mol. The van der Waals surface area contributed by atoms with E-state index in [9.17, 15) is 33.4 Å². The van der Waals surface area contributed by atoms with Gasteiger partial charge in [0, 0.05) is 25.7 Å². The first-order valence-electron chi connectivity index (χ1n) is 7.95. The summed E-state index contributed by atoms with van der Waals surface area (Å²) in [6.07, 6.45) is 0. The molecule has 1 amide bonds. The van der Waals surface area contributed by atoms with Gasteiger partial charge in [-0.3, -0.25) is 14.6 Å². The topological polar surface area (TPSA) is 78.1 Å². The van der Waals surface area contributed by atoms with Gasteiger partial charge in [-0.1, -0.05) is 25.5 Å². The van der Waals surface area contributed by atoms with Crippen molar-refractivity contribution in [3.8, 4) is 0 Å². The molecule has 0 fully saturated rings. The molecule has 0 spiro atoms. The summed E-state index contributed by atoms with van der Waals surface area (Å²) in [6.45, 7) is 2.51. The number of anilines is 1. The van der Waals surface area contributed by atoms with Crippen LogP contribution >= 0.6 is 10.2 Å². The van der Waals surface area contributed by atoms with E-state index in [4.69, 9.17) is 0 Å². The first-order chi connectivity index (χ1) is 12.8. The quantitative estimate of drug-likeness (QED) is 0.675. The number of aromatic amines is 1. The van der Waals surface area contributed by atoms with E-state index in [0.717, 1.165) is 6.07 Å². The van der Waals surface area contributed by atoms with Crippen LogP contribution in [0.3, 0.4) is 0 Å². The lowest BCUT2D eigenvalue weighted by Gasteiger charge is -2.41. The van der Waals surface area contributed by atoms with Gasteiger partial charge in [-0.05, 0) is 26.0 Å². The highest BCUT2D eigenvalue weighted by Crippen LogP contribution is 3.02. The largest absolute Gasteiger partial charge is 0.348 e. The lowest BCUT2D eigenvalue weighted by molar-refractivity contribution is 0.0905. The maximum atomic E-state index is 14.3. The molecule has 0 saturated heterocycles. The van der Waals surface area contributed by atoms with E-state index in [1.165, 1.54) is 18.7 Å². The van der Waals surface area contributed by atoms with Crippen LogP contribution in [0.25, 0.3) is 0 Å². The van der Waals surface area contributed by atoms with Gasteiger partial charge in [0.15, 0.2) is 0 Å². The van der Waals surface area contributed by atoms with Crippen LogP contribution < -0.4 is 15.8 Å². The fraction of sp³-hybridized carbons (Fsp3) is 0.312. The predicted molar refractivity (Wildman–Crippen MR) is 97.5 cm³/mol. The van der Waals surface area contributed by atoms with Crippen molar-refractivity contribution in [2.75, 3.05) is 19.0 Å². The predicted octanol–water partition coefficient (Wildman–Crippen LogP) is 4.30. The Morgan fingerprint density at radius 1 is 1.14 bits per heavy atom. The highest BCUT2D eigenvalue weighted by Gasteiger charge is 2.65. The van der Waals surface area contributed by atoms with E-state index in [2.05, 4.69) is 15.3 Å². The third-order valence-corrected chi connectivity index (χ3v) is 5.02. The lowest BCUT2D eigenvalue weighted by atomic mass is 9.93. The van der Waals surface area contributed by atoms with Gasteiger partial charge in [-0.2, -0.15) is 0 Å². The molecule has 0 unspecified atom stereocenters. The average Bonchev–Trinajstić information content (AvgIpc) is 2.51. The molecule has 2 rings (SSSR count). The summed E-state index contributed by atoms with van der Waals surface area (Å²) in [7, 11) is -6.94. The maximum Gasteiger partial charge on any atom is 0.310 e. The number of H-pyrrole nitrogens is 1. The first-order valence-corrected chi connectivity index (χ1v) is 9.90. The smallest absolute Gasteiger partial charge is 0.310 e. The highest BCUT2D eigenvalue weighted by molar-refractivity contribution is 8.45. The van der Waals surface area contributed by atoms with E-state index in [-0.39, 0.29) is 23.8 Å². The molecule has 0 saturated carbocycles. The second-order valence-corrected chi connectivity index (χ2v) is 9.45. The van der Waals surface area contributed by atoms with Crippen molar-refractivity contribution in [1.82, 2.24) is 15.3 Å². The molecule has 13 heteroatoms. The van der Waals surface area contributed by atoms with E-state index >= 15 is 0 Å². The molecule has 2 N–H and O–H groups in total.